The highest BCUT2D eigenvalue weighted by molar-refractivity contribution is 5.98. The molecule has 1 N–H and O–H groups in total. The Bertz CT molecular complexity index is 1010. The molecule has 2 amide bonds. The Morgan fingerprint density at radius 3 is 2.15 bits per heavy atom. The van der Waals surface area contributed by atoms with Crippen LogP contribution in [-0.2, 0) is 16.1 Å². The van der Waals surface area contributed by atoms with E-state index in [0.717, 1.165) is 18.2 Å². The van der Waals surface area contributed by atoms with Gasteiger partial charge in [-0.15, -0.1) is 0 Å². The molecule has 0 aliphatic rings. The molecule has 0 saturated heterocycles. The summed E-state index contributed by atoms with van der Waals surface area (Å²) in [5.74, 6) is -5.29. The molecule has 14 heteroatoms. The van der Waals surface area contributed by atoms with Crippen LogP contribution < -0.4 is 10.1 Å². The van der Waals surface area contributed by atoms with Crippen molar-refractivity contribution in [3.8, 4) is 5.75 Å². The van der Waals surface area contributed by atoms with Crippen molar-refractivity contribution < 1.29 is 45.6 Å². The highest BCUT2D eigenvalue weighted by Crippen LogP contribution is 2.35. The second kappa shape index (κ2) is 10.2. The molecule has 0 atom stereocenters. The number of hydrogen-bond donors (Lipinski definition) is 1. The highest BCUT2D eigenvalue weighted by atomic mass is 19.4. The van der Waals surface area contributed by atoms with Gasteiger partial charge in [-0.25, -0.2) is 0 Å². The van der Waals surface area contributed by atoms with E-state index in [1.165, 1.54) is 17.4 Å². The molecule has 0 aliphatic carbocycles. The topological polar surface area (TPSA) is 102 Å². The number of benzene rings is 2. The van der Waals surface area contributed by atoms with Gasteiger partial charge in [0, 0.05) is 12.6 Å². The summed E-state index contributed by atoms with van der Waals surface area (Å²) in [6.07, 6.45) is -10.6. The molecule has 0 aliphatic heterocycles. The fourth-order valence-electron chi connectivity index (χ4n) is 2.60. The lowest BCUT2D eigenvalue weighted by Gasteiger charge is -2.24. The molecule has 0 unspecified atom stereocenters. The van der Waals surface area contributed by atoms with E-state index in [1.54, 1.807) is 18.2 Å². The molecule has 8 nitrogen and oxygen atoms in total. The first-order chi connectivity index (χ1) is 15.3. The predicted octanol–water partition coefficient (Wildman–Crippen LogP) is 4.07. The summed E-state index contributed by atoms with van der Waals surface area (Å²) in [4.78, 5) is 33.5. The van der Waals surface area contributed by atoms with Gasteiger partial charge >= 0.3 is 24.2 Å². The number of nitro groups is 1. The van der Waals surface area contributed by atoms with Gasteiger partial charge in [0.2, 0.25) is 0 Å². The van der Waals surface area contributed by atoms with Crippen LogP contribution in [0.4, 0.5) is 37.7 Å². The SMILES string of the molecule is O=C(Nc1c(OCCN(Cc2ccccc2)C(=O)C(F)(F)F)cccc1[N+](=O)[O-])C(F)(F)F. The van der Waals surface area contributed by atoms with E-state index in [0.29, 0.717) is 10.5 Å². The lowest BCUT2D eigenvalue weighted by atomic mass is 10.2. The zero-order valence-corrected chi connectivity index (χ0v) is 16.4. The summed E-state index contributed by atoms with van der Waals surface area (Å²) >= 11 is 0. The average molecular weight is 479 g/mol. The van der Waals surface area contributed by atoms with Crippen molar-refractivity contribution in [2.75, 3.05) is 18.5 Å². The zero-order chi connectivity index (χ0) is 24.8. The number of anilines is 1. The second-order valence-electron chi connectivity index (χ2n) is 6.42. The van der Waals surface area contributed by atoms with Gasteiger partial charge in [0.1, 0.15) is 12.4 Å². The third kappa shape index (κ3) is 7.08. The molecule has 0 fully saturated rings. The molecule has 0 aromatic heterocycles. The first-order valence-corrected chi connectivity index (χ1v) is 8.99. The molecule has 2 rings (SSSR count). The quantitative estimate of drug-likeness (QED) is 0.350. The maximum atomic E-state index is 13.0. The molecule has 0 heterocycles. The van der Waals surface area contributed by atoms with Gasteiger partial charge in [-0.3, -0.25) is 19.7 Å². The molecule has 0 radical (unpaired) electrons. The average Bonchev–Trinajstić information content (AvgIpc) is 2.72. The Kier molecular flexibility index (Phi) is 7.85. The predicted molar refractivity (Wildman–Crippen MR) is 101 cm³/mol. The largest absolute Gasteiger partial charge is 0.489 e. The van der Waals surface area contributed by atoms with Crippen molar-refractivity contribution in [1.29, 1.82) is 0 Å². The van der Waals surface area contributed by atoms with Crippen molar-refractivity contribution in [1.82, 2.24) is 4.90 Å². The Balaban J connectivity index is 2.23. The molecule has 33 heavy (non-hydrogen) atoms. The van der Waals surface area contributed by atoms with E-state index >= 15 is 0 Å². The van der Waals surface area contributed by atoms with Crippen LogP contribution in [0.3, 0.4) is 0 Å². The lowest BCUT2D eigenvalue weighted by molar-refractivity contribution is -0.384. The van der Waals surface area contributed by atoms with Crippen LogP contribution in [0.1, 0.15) is 5.56 Å². The molecular weight excluding hydrogens is 464 g/mol. The Morgan fingerprint density at radius 2 is 1.61 bits per heavy atom. The first kappa shape index (κ1) is 25.4. The van der Waals surface area contributed by atoms with Gasteiger partial charge in [-0.05, 0) is 11.6 Å². The number of nitro benzene ring substituents is 1. The number of carbonyl (C=O) groups excluding carboxylic acids is 2. The third-order valence-electron chi connectivity index (χ3n) is 4.06. The molecule has 0 bridgehead atoms. The number of alkyl halides is 6. The lowest BCUT2D eigenvalue weighted by Crippen LogP contribution is -2.42. The number of nitrogens with one attached hydrogen (secondary N) is 1. The van der Waals surface area contributed by atoms with E-state index in [9.17, 15) is 46.0 Å². The molecule has 0 spiro atoms. The van der Waals surface area contributed by atoms with E-state index in [4.69, 9.17) is 4.74 Å². The van der Waals surface area contributed by atoms with Crippen LogP contribution in [0.25, 0.3) is 0 Å². The molecule has 0 saturated carbocycles. The highest BCUT2D eigenvalue weighted by Gasteiger charge is 2.43. The van der Waals surface area contributed by atoms with Crippen molar-refractivity contribution in [3.05, 3.63) is 64.2 Å². The number of para-hydroxylation sites is 1. The Labute approximate surface area is 181 Å². The minimum absolute atomic E-state index is 0.364. The van der Waals surface area contributed by atoms with E-state index in [-0.39, 0.29) is 0 Å². The fraction of sp³-hybridized carbons (Fsp3) is 0.263. The standard InChI is InChI=1S/C19H15F6N3O5/c20-18(21,22)16(29)26-15-13(28(31)32)7-4-8-14(15)33-10-9-27(17(30)19(23,24)25)11-12-5-2-1-3-6-12/h1-8H,9-11H2,(H,26,29). The van der Waals surface area contributed by atoms with Crippen molar-refractivity contribution >= 4 is 23.2 Å². The molecular formula is C19H15F6N3O5. The normalized spacial score (nSPS) is 11.6. The maximum absolute atomic E-state index is 13.0. The maximum Gasteiger partial charge on any atom is 0.471 e. The van der Waals surface area contributed by atoms with Gasteiger partial charge < -0.3 is 15.0 Å². The second-order valence-corrected chi connectivity index (χ2v) is 6.42. The summed E-state index contributed by atoms with van der Waals surface area (Å²) in [6.45, 7) is -1.79. The summed E-state index contributed by atoms with van der Waals surface area (Å²) < 4.78 is 81.8. The van der Waals surface area contributed by atoms with Crippen molar-refractivity contribution in [2.24, 2.45) is 0 Å². The number of amides is 2. The van der Waals surface area contributed by atoms with Crippen molar-refractivity contribution in [2.45, 2.75) is 18.9 Å². The Morgan fingerprint density at radius 1 is 0.970 bits per heavy atom. The first-order valence-electron chi connectivity index (χ1n) is 8.99. The van der Waals surface area contributed by atoms with Crippen LogP contribution in [0.2, 0.25) is 0 Å². The number of halogens is 6. The van der Waals surface area contributed by atoms with Crippen LogP contribution >= 0.6 is 0 Å². The Hall–Kier alpha value is -3.84. The molecule has 178 valence electrons. The minimum atomic E-state index is -5.37. The summed E-state index contributed by atoms with van der Waals surface area (Å²) in [7, 11) is 0. The van der Waals surface area contributed by atoms with Crippen LogP contribution in [0, 0.1) is 10.1 Å². The van der Waals surface area contributed by atoms with Gasteiger partial charge in [-0.2, -0.15) is 26.3 Å². The zero-order valence-electron chi connectivity index (χ0n) is 16.4. The monoisotopic (exact) mass is 479 g/mol. The number of hydrogen-bond acceptors (Lipinski definition) is 5. The van der Waals surface area contributed by atoms with Gasteiger partial charge in [-0.1, -0.05) is 36.4 Å². The van der Waals surface area contributed by atoms with E-state index in [2.05, 4.69) is 0 Å². The van der Waals surface area contributed by atoms with Gasteiger partial charge in [0.05, 0.1) is 11.5 Å². The van der Waals surface area contributed by atoms with Crippen LogP contribution in [0.5, 0.6) is 5.75 Å². The van der Waals surface area contributed by atoms with Gasteiger partial charge in [0.15, 0.2) is 5.69 Å². The van der Waals surface area contributed by atoms with E-state index < -0.39 is 65.9 Å². The van der Waals surface area contributed by atoms with Crippen LogP contribution in [0.15, 0.2) is 48.5 Å². The molecule has 2 aromatic rings. The summed E-state index contributed by atoms with van der Waals surface area (Å²) in [6, 6.07) is 10.5. The minimum Gasteiger partial charge on any atom is -0.489 e. The number of ether oxygens (including phenoxy) is 1. The summed E-state index contributed by atoms with van der Waals surface area (Å²) in [5.41, 5.74) is -1.50. The smallest absolute Gasteiger partial charge is 0.471 e. The number of carbonyl (C=O) groups is 2. The number of nitrogens with zero attached hydrogens (tertiary/aromatic N) is 2. The number of rotatable bonds is 8. The van der Waals surface area contributed by atoms with Gasteiger partial charge in [0.25, 0.3) is 5.69 Å². The van der Waals surface area contributed by atoms with Crippen LogP contribution in [-0.4, -0.2) is 47.1 Å². The third-order valence-corrected chi connectivity index (χ3v) is 4.06. The summed E-state index contributed by atoms with van der Waals surface area (Å²) in [5, 5.41) is 12.5. The van der Waals surface area contributed by atoms with E-state index in [1.807, 2.05) is 0 Å². The van der Waals surface area contributed by atoms with Crippen molar-refractivity contribution in [3.63, 3.8) is 0 Å². The molecule has 2 aromatic carbocycles. The fourth-order valence-corrected chi connectivity index (χ4v) is 2.60.